The Hall–Kier alpha value is -3.59. The van der Waals surface area contributed by atoms with Crippen molar-refractivity contribution in [3.05, 3.63) is 68.7 Å². The number of rotatable bonds is 6. The molecule has 8 nitrogen and oxygen atoms in total. The van der Waals surface area contributed by atoms with Crippen LogP contribution in [0.1, 0.15) is 31.3 Å². The lowest BCUT2D eigenvalue weighted by atomic mass is 10.2. The molecule has 1 aliphatic heterocycles. The third-order valence-electron chi connectivity index (χ3n) is 5.05. The molecule has 9 heteroatoms. The molecular weight excluding hydrogens is 442 g/mol. The van der Waals surface area contributed by atoms with E-state index >= 15 is 0 Å². The van der Waals surface area contributed by atoms with Crippen molar-refractivity contribution in [3.63, 3.8) is 0 Å². The standard InChI is InChI=1S/C24H23N3O5S/c1-14(2)12-30-17-9-8-15(10-19(17)29-3)11-21-23(28)27-24(33-21)25-22(26-27)20-13-31-16-6-4-5-7-18(16)32-20/h4-11,14,20H,12-13H2,1-3H3. The van der Waals surface area contributed by atoms with Gasteiger partial charge < -0.3 is 18.9 Å². The van der Waals surface area contributed by atoms with Crippen LogP contribution in [0.25, 0.3) is 11.0 Å². The molecule has 4 aromatic rings. The Kier molecular flexibility index (Phi) is 5.63. The highest BCUT2D eigenvalue weighted by Gasteiger charge is 2.27. The second-order valence-corrected chi connectivity index (χ2v) is 9.07. The minimum absolute atomic E-state index is 0.232. The summed E-state index contributed by atoms with van der Waals surface area (Å²) in [4.78, 5) is 18.0. The summed E-state index contributed by atoms with van der Waals surface area (Å²) in [5.41, 5.74) is 0.594. The zero-order valence-electron chi connectivity index (χ0n) is 18.5. The maximum Gasteiger partial charge on any atom is 0.291 e. The average molecular weight is 466 g/mol. The Bertz CT molecular complexity index is 1410. The van der Waals surface area contributed by atoms with Crippen LogP contribution in [0.15, 0.2) is 47.3 Å². The van der Waals surface area contributed by atoms with Gasteiger partial charge in [0.1, 0.15) is 6.61 Å². The van der Waals surface area contributed by atoms with Gasteiger partial charge in [-0.2, -0.15) is 9.50 Å². The van der Waals surface area contributed by atoms with Gasteiger partial charge in [-0.15, -0.1) is 5.10 Å². The van der Waals surface area contributed by atoms with Crippen LogP contribution < -0.4 is 29.0 Å². The molecule has 2 aromatic carbocycles. The molecule has 0 saturated carbocycles. The van der Waals surface area contributed by atoms with E-state index in [1.54, 1.807) is 13.2 Å². The average Bonchev–Trinajstić information content (AvgIpc) is 3.37. The number of hydrogen-bond acceptors (Lipinski definition) is 8. The van der Waals surface area contributed by atoms with Gasteiger partial charge in [0.2, 0.25) is 4.96 Å². The Labute approximate surface area is 194 Å². The summed E-state index contributed by atoms with van der Waals surface area (Å²) >= 11 is 1.27. The molecular formula is C24H23N3O5S. The van der Waals surface area contributed by atoms with Crippen LogP contribution in [0.3, 0.4) is 0 Å². The van der Waals surface area contributed by atoms with E-state index in [1.165, 1.54) is 15.9 Å². The molecule has 5 rings (SSSR count). The van der Waals surface area contributed by atoms with Crippen molar-refractivity contribution in [1.29, 1.82) is 0 Å². The number of aromatic nitrogens is 3. The second-order valence-electron chi connectivity index (χ2n) is 8.06. The maximum absolute atomic E-state index is 12.9. The van der Waals surface area contributed by atoms with Crippen LogP contribution >= 0.6 is 11.3 Å². The summed E-state index contributed by atoms with van der Waals surface area (Å²) < 4.78 is 24.8. The van der Waals surface area contributed by atoms with Crippen LogP contribution in [-0.4, -0.2) is 34.9 Å². The first kappa shape index (κ1) is 21.3. The zero-order chi connectivity index (χ0) is 22.9. The first-order valence-corrected chi connectivity index (χ1v) is 11.4. The van der Waals surface area contributed by atoms with E-state index < -0.39 is 6.10 Å². The van der Waals surface area contributed by atoms with E-state index in [9.17, 15) is 4.79 Å². The lowest BCUT2D eigenvalue weighted by Gasteiger charge is -2.24. The topological polar surface area (TPSA) is 84.2 Å². The molecule has 0 aliphatic carbocycles. The van der Waals surface area contributed by atoms with Crippen LogP contribution in [0.5, 0.6) is 23.0 Å². The summed E-state index contributed by atoms with van der Waals surface area (Å²) in [6, 6.07) is 13.0. The minimum atomic E-state index is -0.471. The lowest BCUT2D eigenvalue weighted by molar-refractivity contribution is 0.0852. The van der Waals surface area contributed by atoms with Gasteiger partial charge in [-0.05, 0) is 41.8 Å². The van der Waals surface area contributed by atoms with E-state index in [2.05, 4.69) is 23.9 Å². The van der Waals surface area contributed by atoms with Gasteiger partial charge >= 0.3 is 0 Å². The van der Waals surface area contributed by atoms with Gasteiger partial charge in [0, 0.05) is 0 Å². The Morgan fingerprint density at radius 3 is 2.79 bits per heavy atom. The molecule has 0 fully saturated rings. The third-order valence-corrected chi connectivity index (χ3v) is 6.01. The highest BCUT2D eigenvalue weighted by atomic mass is 32.1. The van der Waals surface area contributed by atoms with Crippen molar-refractivity contribution >= 4 is 22.4 Å². The van der Waals surface area contributed by atoms with E-state index in [1.807, 2.05) is 42.5 Å². The molecule has 0 spiro atoms. The van der Waals surface area contributed by atoms with E-state index in [4.69, 9.17) is 18.9 Å². The van der Waals surface area contributed by atoms with Crippen LogP contribution in [0.2, 0.25) is 0 Å². The predicted octanol–water partition coefficient (Wildman–Crippen LogP) is 3.25. The second kappa shape index (κ2) is 8.74. The molecule has 2 aromatic heterocycles. The Morgan fingerprint density at radius 1 is 1.21 bits per heavy atom. The molecule has 0 amide bonds. The van der Waals surface area contributed by atoms with E-state index in [0.29, 0.717) is 50.8 Å². The molecule has 33 heavy (non-hydrogen) atoms. The molecule has 1 aliphatic rings. The molecule has 0 bridgehead atoms. The predicted molar refractivity (Wildman–Crippen MR) is 125 cm³/mol. The largest absolute Gasteiger partial charge is 0.493 e. The van der Waals surface area contributed by atoms with Gasteiger partial charge in [0.05, 0.1) is 18.2 Å². The van der Waals surface area contributed by atoms with E-state index in [0.717, 1.165) is 5.56 Å². The molecule has 1 atom stereocenters. The number of fused-ring (bicyclic) bond motifs is 2. The number of ether oxygens (including phenoxy) is 4. The quantitative estimate of drug-likeness (QED) is 0.432. The number of para-hydroxylation sites is 2. The number of methoxy groups -OCH3 is 1. The van der Waals surface area contributed by atoms with Crippen molar-refractivity contribution < 1.29 is 18.9 Å². The van der Waals surface area contributed by atoms with Crippen molar-refractivity contribution in [2.24, 2.45) is 5.92 Å². The molecule has 1 unspecified atom stereocenters. The molecule has 0 N–H and O–H groups in total. The highest BCUT2D eigenvalue weighted by Crippen LogP contribution is 2.35. The number of nitrogens with zero attached hydrogens (tertiary/aromatic N) is 3. The molecule has 0 saturated heterocycles. The SMILES string of the molecule is COc1cc(C=c2sc3nc(C4COc5ccccc5O4)nn3c2=O)ccc1OCC(C)C. The Morgan fingerprint density at radius 2 is 2.03 bits per heavy atom. The number of hydrogen-bond donors (Lipinski definition) is 0. The summed E-state index contributed by atoms with van der Waals surface area (Å²) in [5.74, 6) is 3.45. The van der Waals surface area contributed by atoms with Crippen LogP contribution in [0.4, 0.5) is 0 Å². The van der Waals surface area contributed by atoms with Crippen molar-refractivity contribution in [2.75, 3.05) is 20.3 Å². The fraction of sp³-hybridized carbons (Fsp3) is 0.292. The maximum atomic E-state index is 12.9. The highest BCUT2D eigenvalue weighted by molar-refractivity contribution is 7.15. The zero-order valence-corrected chi connectivity index (χ0v) is 19.3. The minimum Gasteiger partial charge on any atom is -0.493 e. The lowest BCUT2D eigenvalue weighted by Crippen LogP contribution is -2.26. The molecule has 170 valence electrons. The fourth-order valence-electron chi connectivity index (χ4n) is 3.43. The monoisotopic (exact) mass is 465 g/mol. The van der Waals surface area contributed by atoms with Crippen molar-refractivity contribution in [3.8, 4) is 23.0 Å². The third kappa shape index (κ3) is 4.23. The molecule has 3 heterocycles. The Balaban J connectivity index is 1.42. The normalized spacial score (nSPS) is 15.9. The summed E-state index contributed by atoms with van der Waals surface area (Å²) in [5, 5.41) is 4.39. The van der Waals surface area contributed by atoms with Crippen LogP contribution in [0, 0.1) is 5.92 Å². The number of thiazole rings is 1. The first-order chi connectivity index (χ1) is 16.0. The van der Waals surface area contributed by atoms with Gasteiger partial charge in [-0.3, -0.25) is 4.79 Å². The summed E-state index contributed by atoms with van der Waals surface area (Å²) in [6.45, 7) is 5.06. The number of benzene rings is 2. The van der Waals surface area contributed by atoms with Gasteiger partial charge in [-0.25, -0.2) is 0 Å². The van der Waals surface area contributed by atoms with Gasteiger partial charge in [0.25, 0.3) is 5.56 Å². The summed E-state index contributed by atoms with van der Waals surface area (Å²) in [6.07, 6.45) is 1.33. The van der Waals surface area contributed by atoms with Crippen LogP contribution in [-0.2, 0) is 0 Å². The van der Waals surface area contributed by atoms with Crippen molar-refractivity contribution in [1.82, 2.24) is 14.6 Å². The smallest absolute Gasteiger partial charge is 0.291 e. The summed E-state index contributed by atoms with van der Waals surface area (Å²) in [7, 11) is 1.60. The van der Waals surface area contributed by atoms with E-state index in [-0.39, 0.29) is 12.2 Å². The first-order valence-electron chi connectivity index (χ1n) is 10.6. The van der Waals surface area contributed by atoms with Gasteiger partial charge in [0.15, 0.2) is 34.9 Å². The van der Waals surface area contributed by atoms with Gasteiger partial charge in [-0.1, -0.05) is 43.4 Å². The fourth-order valence-corrected chi connectivity index (χ4v) is 4.35. The molecule has 0 radical (unpaired) electrons. The van der Waals surface area contributed by atoms with Crippen molar-refractivity contribution in [2.45, 2.75) is 20.0 Å².